The van der Waals surface area contributed by atoms with E-state index < -0.39 is 0 Å². The second kappa shape index (κ2) is 4.80. The maximum absolute atomic E-state index is 5.31. The summed E-state index contributed by atoms with van der Waals surface area (Å²) in [6.45, 7) is 3.15. The van der Waals surface area contributed by atoms with Gasteiger partial charge in [0.2, 0.25) is 0 Å². The van der Waals surface area contributed by atoms with Crippen LogP contribution in [0.5, 0.6) is 5.75 Å². The van der Waals surface area contributed by atoms with E-state index in [1.54, 1.807) is 7.11 Å². The van der Waals surface area contributed by atoms with E-state index >= 15 is 0 Å². The number of aromatic amines is 1. The van der Waals surface area contributed by atoms with Crippen LogP contribution in [0, 0.1) is 0 Å². The van der Waals surface area contributed by atoms with E-state index in [2.05, 4.69) is 27.5 Å². The molecule has 0 atom stereocenters. The number of benzene rings is 1. The molecule has 0 radical (unpaired) electrons. The number of rotatable bonds is 4. The first-order valence-corrected chi connectivity index (χ1v) is 6.49. The summed E-state index contributed by atoms with van der Waals surface area (Å²) in [5.74, 6) is 0.870. The summed E-state index contributed by atoms with van der Waals surface area (Å²) in [7, 11) is 1.69. The fourth-order valence-electron chi connectivity index (χ4n) is 2.40. The summed E-state index contributed by atoms with van der Waals surface area (Å²) >= 11 is 0. The average molecular weight is 255 g/mol. The molecule has 2 heterocycles. The van der Waals surface area contributed by atoms with Gasteiger partial charge in [0.25, 0.3) is 0 Å². The van der Waals surface area contributed by atoms with Gasteiger partial charge in [-0.1, -0.05) is 6.92 Å². The molecule has 0 saturated carbocycles. The number of fused-ring (bicyclic) bond motifs is 1. The Morgan fingerprint density at radius 1 is 1.37 bits per heavy atom. The van der Waals surface area contributed by atoms with Crippen LogP contribution in [-0.2, 0) is 6.54 Å². The maximum atomic E-state index is 5.31. The number of imidazole rings is 1. The summed E-state index contributed by atoms with van der Waals surface area (Å²) in [5.41, 5.74) is 3.42. The molecule has 1 N–H and O–H groups in total. The predicted octanol–water partition coefficient (Wildman–Crippen LogP) is 3.45. The number of ether oxygens (including phenoxy) is 1. The average Bonchev–Trinajstić information content (AvgIpc) is 3.04. The topological polar surface area (TPSA) is 42.8 Å². The molecule has 4 heteroatoms. The second-order valence-electron chi connectivity index (χ2n) is 4.59. The van der Waals surface area contributed by atoms with E-state index in [1.807, 2.05) is 30.9 Å². The highest BCUT2D eigenvalue weighted by atomic mass is 16.5. The number of H-pyrrole nitrogens is 1. The Balaban J connectivity index is 2.16. The molecule has 1 aromatic carbocycles. The lowest BCUT2D eigenvalue weighted by Crippen LogP contribution is -1.96. The van der Waals surface area contributed by atoms with Gasteiger partial charge in [0.1, 0.15) is 5.75 Å². The zero-order chi connectivity index (χ0) is 13.2. The van der Waals surface area contributed by atoms with Crippen molar-refractivity contribution >= 4 is 10.9 Å². The normalized spacial score (nSPS) is 11.1. The molecule has 0 aliphatic rings. The van der Waals surface area contributed by atoms with E-state index in [1.165, 1.54) is 5.56 Å². The Kier molecular flexibility index (Phi) is 2.99. The van der Waals surface area contributed by atoms with Crippen LogP contribution < -0.4 is 4.74 Å². The van der Waals surface area contributed by atoms with Gasteiger partial charge in [-0.15, -0.1) is 0 Å². The van der Waals surface area contributed by atoms with Crippen molar-refractivity contribution in [2.45, 2.75) is 19.9 Å². The number of aryl methyl sites for hydroxylation is 1. The first-order valence-electron chi connectivity index (χ1n) is 6.49. The van der Waals surface area contributed by atoms with Crippen molar-refractivity contribution in [1.82, 2.24) is 14.5 Å². The lowest BCUT2D eigenvalue weighted by Gasteiger charge is -2.06. The molecule has 0 spiro atoms. The SMILES string of the molecule is CCCn1cncc1-c1c[nH]c2ccc(OC)cc12. The molecule has 0 bridgehead atoms. The van der Waals surface area contributed by atoms with Gasteiger partial charge in [0.05, 0.1) is 25.3 Å². The highest BCUT2D eigenvalue weighted by Gasteiger charge is 2.11. The third kappa shape index (κ3) is 1.99. The van der Waals surface area contributed by atoms with Crippen molar-refractivity contribution in [1.29, 1.82) is 0 Å². The first-order chi connectivity index (χ1) is 9.33. The van der Waals surface area contributed by atoms with Crippen molar-refractivity contribution < 1.29 is 4.74 Å². The van der Waals surface area contributed by atoms with Crippen molar-refractivity contribution in [3.63, 3.8) is 0 Å². The van der Waals surface area contributed by atoms with Crippen LogP contribution in [0.3, 0.4) is 0 Å². The Labute approximate surface area is 112 Å². The minimum atomic E-state index is 0.870. The van der Waals surface area contributed by atoms with Gasteiger partial charge >= 0.3 is 0 Å². The van der Waals surface area contributed by atoms with Crippen LogP contribution in [0.1, 0.15) is 13.3 Å². The summed E-state index contributed by atoms with van der Waals surface area (Å²) in [6.07, 6.45) is 6.93. The minimum absolute atomic E-state index is 0.870. The van der Waals surface area contributed by atoms with Crippen LogP contribution in [0.2, 0.25) is 0 Å². The highest BCUT2D eigenvalue weighted by molar-refractivity contribution is 5.95. The van der Waals surface area contributed by atoms with Gasteiger partial charge < -0.3 is 14.3 Å². The van der Waals surface area contributed by atoms with Crippen LogP contribution in [0.25, 0.3) is 22.2 Å². The fraction of sp³-hybridized carbons (Fsp3) is 0.267. The molecule has 0 saturated heterocycles. The monoisotopic (exact) mass is 255 g/mol. The van der Waals surface area contributed by atoms with E-state index in [9.17, 15) is 0 Å². The zero-order valence-electron chi connectivity index (χ0n) is 11.2. The third-order valence-corrected chi connectivity index (χ3v) is 3.34. The van der Waals surface area contributed by atoms with Crippen LogP contribution in [0.4, 0.5) is 0 Å². The van der Waals surface area contributed by atoms with Crippen LogP contribution in [0.15, 0.2) is 36.9 Å². The number of hydrogen-bond acceptors (Lipinski definition) is 2. The minimum Gasteiger partial charge on any atom is -0.497 e. The third-order valence-electron chi connectivity index (χ3n) is 3.34. The van der Waals surface area contributed by atoms with Gasteiger partial charge in [0, 0.05) is 29.2 Å². The molecular weight excluding hydrogens is 238 g/mol. The molecule has 0 unspecified atom stereocenters. The molecule has 98 valence electrons. The second-order valence-corrected chi connectivity index (χ2v) is 4.59. The van der Waals surface area contributed by atoms with Crippen LogP contribution in [-0.4, -0.2) is 21.6 Å². The molecule has 3 aromatic rings. The first kappa shape index (κ1) is 11.8. The molecule has 4 nitrogen and oxygen atoms in total. The van der Waals surface area contributed by atoms with Crippen molar-refractivity contribution in [3.8, 4) is 17.0 Å². The Morgan fingerprint density at radius 2 is 2.26 bits per heavy atom. The Bertz CT molecular complexity index is 696. The molecule has 0 aliphatic heterocycles. The van der Waals surface area contributed by atoms with E-state index in [-0.39, 0.29) is 0 Å². The molecular formula is C15H17N3O. The van der Waals surface area contributed by atoms with Gasteiger partial charge in [-0.3, -0.25) is 0 Å². The van der Waals surface area contributed by atoms with E-state index in [0.29, 0.717) is 0 Å². The number of nitrogens with zero attached hydrogens (tertiary/aromatic N) is 2. The smallest absolute Gasteiger partial charge is 0.119 e. The van der Waals surface area contributed by atoms with Crippen molar-refractivity contribution in [2.24, 2.45) is 0 Å². The maximum Gasteiger partial charge on any atom is 0.119 e. The molecule has 0 amide bonds. The summed E-state index contributed by atoms with van der Waals surface area (Å²) in [6, 6.07) is 6.06. The van der Waals surface area contributed by atoms with Gasteiger partial charge in [-0.25, -0.2) is 4.98 Å². The van der Waals surface area contributed by atoms with Crippen molar-refractivity contribution in [3.05, 3.63) is 36.9 Å². The van der Waals surface area contributed by atoms with Gasteiger partial charge in [-0.2, -0.15) is 0 Å². The Morgan fingerprint density at radius 3 is 3.05 bits per heavy atom. The Hall–Kier alpha value is -2.23. The highest BCUT2D eigenvalue weighted by Crippen LogP contribution is 2.31. The van der Waals surface area contributed by atoms with Crippen molar-refractivity contribution in [2.75, 3.05) is 7.11 Å². The lowest BCUT2D eigenvalue weighted by molar-refractivity contribution is 0.415. The summed E-state index contributed by atoms with van der Waals surface area (Å²) in [4.78, 5) is 7.56. The number of nitrogens with one attached hydrogen (secondary N) is 1. The van der Waals surface area contributed by atoms with E-state index in [4.69, 9.17) is 4.74 Å². The fourth-order valence-corrected chi connectivity index (χ4v) is 2.40. The number of hydrogen-bond donors (Lipinski definition) is 1. The zero-order valence-corrected chi connectivity index (χ0v) is 11.2. The summed E-state index contributed by atoms with van der Waals surface area (Å²) < 4.78 is 7.49. The molecule has 0 fully saturated rings. The number of aromatic nitrogens is 3. The predicted molar refractivity (Wildman–Crippen MR) is 76.4 cm³/mol. The lowest BCUT2D eigenvalue weighted by atomic mass is 10.1. The summed E-state index contributed by atoms with van der Waals surface area (Å²) in [5, 5.41) is 1.16. The van der Waals surface area contributed by atoms with Crippen LogP contribution >= 0.6 is 0 Å². The standard InChI is InChI=1S/C15H17N3O/c1-3-6-18-10-16-9-15(18)13-8-17-14-5-4-11(19-2)7-12(13)14/h4-5,7-10,17H,3,6H2,1-2H3. The number of methoxy groups -OCH3 is 1. The molecule has 0 aliphatic carbocycles. The quantitative estimate of drug-likeness (QED) is 0.776. The molecule has 19 heavy (non-hydrogen) atoms. The molecule has 2 aromatic heterocycles. The van der Waals surface area contributed by atoms with Gasteiger partial charge in [0.15, 0.2) is 0 Å². The van der Waals surface area contributed by atoms with E-state index in [0.717, 1.165) is 35.3 Å². The largest absolute Gasteiger partial charge is 0.497 e. The van der Waals surface area contributed by atoms with Gasteiger partial charge in [-0.05, 0) is 24.6 Å². The molecule has 3 rings (SSSR count).